The Hall–Kier alpha value is -2.05. The van der Waals surface area contributed by atoms with Crippen LogP contribution in [0.15, 0.2) is 24.4 Å². The summed E-state index contributed by atoms with van der Waals surface area (Å²) in [5.74, 6) is 0.752. The molecule has 0 spiro atoms. The second kappa shape index (κ2) is 8.17. The fourth-order valence-electron chi connectivity index (χ4n) is 2.59. The molecule has 2 aromatic rings. The second-order valence-electron chi connectivity index (χ2n) is 6.50. The Bertz CT molecular complexity index is 692. The number of fused-ring (bicyclic) bond motifs is 1. The third-order valence-electron chi connectivity index (χ3n) is 3.98. The fraction of sp³-hybridized carbons (Fsp3) is 0.500. The number of nitrogens with one attached hydrogen (secondary N) is 1. The summed E-state index contributed by atoms with van der Waals surface area (Å²) in [7, 11) is 9.72. The summed E-state index contributed by atoms with van der Waals surface area (Å²) < 4.78 is 7.01. The van der Waals surface area contributed by atoms with Gasteiger partial charge >= 0.3 is 6.03 Å². The molecule has 1 amide bonds. The highest BCUT2D eigenvalue weighted by Gasteiger charge is 2.14. The molecule has 132 valence electrons. The highest BCUT2D eigenvalue weighted by molar-refractivity contribution is 5.94. The van der Waals surface area contributed by atoms with Crippen molar-refractivity contribution in [1.82, 2.24) is 19.7 Å². The Balaban J connectivity index is 2.30. The van der Waals surface area contributed by atoms with Gasteiger partial charge in [0.1, 0.15) is 5.75 Å². The minimum absolute atomic E-state index is 0.105. The van der Waals surface area contributed by atoms with Crippen LogP contribution in [0.25, 0.3) is 10.9 Å². The molecule has 1 N–H and O–H groups in total. The first-order valence-electron chi connectivity index (χ1n) is 8.18. The van der Waals surface area contributed by atoms with Gasteiger partial charge in [-0.1, -0.05) is 0 Å². The number of nitrogens with zero attached hydrogens (tertiary/aromatic N) is 3. The molecule has 0 fully saturated rings. The quantitative estimate of drug-likeness (QED) is 0.841. The lowest BCUT2D eigenvalue weighted by Gasteiger charge is -2.11. The van der Waals surface area contributed by atoms with Gasteiger partial charge in [-0.05, 0) is 52.3 Å². The molecule has 1 heterocycles. The second-order valence-corrected chi connectivity index (χ2v) is 6.50. The van der Waals surface area contributed by atoms with Crippen molar-refractivity contribution in [3.63, 3.8) is 0 Å². The topological polar surface area (TPSA) is 49.7 Å². The average Bonchev–Trinajstić information content (AvgIpc) is 2.90. The summed E-state index contributed by atoms with van der Waals surface area (Å²) in [4.78, 5) is 16.8. The minimum atomic E-state index is -0.105. The highest BCUT2D eigenvalue weighted by Crippen LogP contribution is 2.26. The van der Waals surface area contributed by atoms with Gasteiger partial charge in [0.2, 0.25) is 0 Å². The molecule has 0 aliphatic carbocycles. The Morgan fingerprint density at radius 1 is 1.17 bits per heavy atom. The van der Waals surface area contributed by atoms with Crippen molar-refractivity contribution in [2.24, 2.45) is 0 Å². The van der Waals surface area contributed by atoms with Crippen molar-refractivity contribution in [2.75, 3.05) is 54.9 Å². The average molecular weight is 332 g/mol. The molecule has 0 saturated carbocycles. The monoisotopic (exact) mass is 332 g/mol. The van der Waals surface area contributed by atoms with Crippen molar-refractivity contribution in [2.45, 2.75) is 6.42 Å². The fourth-order valence-corrected chi connectivity index (χ4v) is 2.59. The van der Waals surface area contributed by atoms with E-state index >= 15 is 0 Å². The number of carbonyl (C=O) groups excluding carboxylic acids is 1. The zero-order valence-electron chi connectivity index (χ0n) is 15.3. The molecule has 0 unspecified atom stereocenters. The summed E-state index contributed by atoms with van der Waals surface area (Å²) in [6.45, 7) is 2.36. The van der Waals surface area contributed by atoms with Crippen LogP contribution in [-0.2, 0) is 6.42 Å². The van der Waals surface area contributed by atoms with Gasteiger partial charge in [-0.2, -0.15) is 0 Å². The van der Waals surface area contributed by atoms with Gasteiger partial charge in [-0.15, -0.1) is 0 Å². The lowest BCUT2D eigenvalue weighted by Crippen LogP contribution is -2.33. The maximum Gasteiger partial charge on any atom is 0.326 e. The zero-order chi connectivity index (χ0) is 17.7. The van der Waals surface area contributed by atoms with E-state index < -0.39 is 0 Å². The van der Waals surface area contributed by atoms with E-state index in [4.69, 9.17) is 4.74 Å². The standard InChI is InChI=1S/C18H28N4O2/c1-20(2)10-8-14-13-22(18(23)19-9-11-21(3)4)17-12-15(24-5)6-7-16(14)17/h6-7,12-13H,8-11H2,1-5H3,(H,19,23). The molecule has 0 atom stereocenters. The molecule has 0 aliphatic rings. The van der Waals surface area contributed by atoms with Crippen molar-refractivity contribution < 1.29 is 9.53 Å². The van der Waals surface area contributed by atoms with E-state index in [0.717, 1.165) is 36.2 Å². The molecule has 0 aliphatic heterocycles. The first-order chi connectivity index (χ1) is 11.4. The maximum absolute atomic E-state index is 12.6. The Morgan fingerprint density at radius 3 is 2.50 bits per heavy atom. The molecule has 6 heteroatoms. The van der Waals surface area contributed by atoms with E-state index in [9.17, 15) is 4.79 Å². The molecule has 1 aromatic carbocycles. The third-order valence-corrected chi connectivity index (χ3v) is 3.98. The molecule has 1 aromatic heterocycles. The normalized spacial score (nSPS) is 11.5. The molecular weight excluding hydrogens is 304 g/mol. The summed E-state index contributed by atoms with van der Waals surface area (Å²) in [5, 5.41) is 4.07. The molecule has 0 bridgehead atoms. The molecule has 24 heavy (non-hydrogen) atoms. The van der Waals surface area contributed by atoms with Crippen LogP contribution in [0.2, 0.25) is 0 Å². The molecule has 0 radical (unpaired) electrons. The molecule has 2 rings (SSSR count). The van der Waals surface area contributed by atoms with Crippen LogP contribution in [0.1, 0.15) is 5.56 Å². The van der Waals surface area contributed by atoms with Crippen LogP contribution in [0.4, 0.5) is 4.79 Å². The lowest BCUT2D eigenvalue weighted by atomic mass is 10.1. The van der Waals surface area contributed by atoms with E-state index in [2.05, 4.69) is 24.3 Å². The first kappa shape index (κ1) is 18.3. The highest BCUT2D eigenvalue weighted by atomic mass is 16.5. The number of hydrogen-bond donors (Lipinski definition) is 1. The molecule has 0 saturated heterocycles. The van der Waals surface area contributed by atoms with Crippen molar-refractivity contribution in [3.8, 4) is 5.75 Å². The van der Waals surface area contributed by atoms with Gasteiger partial charge < -0.3 is 19.9 Å². The van der Waals surface area contributed by atoms with Gasteiger partial charge in [-0.3, -0.25) is 4.57 Å². The van der Waals surface area contributed by atoms with E-state index in [1.807, 2.05) is 43.4 Å². The van der Waals surface area contributed by atoms with E-state index in [0.29, 0.717) is 6.54 Å². The predicted octanol–water partition coefficient (Wildman–Crippen LogP) is 1.87. The number of rotatable bonds is 7. The Labute approximate surface area is 144 Å². The van der Waals surface area contributed by atoms with Gasteiger partial charge in [-0.25, -0.2) is 4.79 Å². The van der Waals surface area contributed by atoms with Crippen molar-refractivity contribution >= 4 is 16.9 Å². The number of benzene rings is 1. The third kappa shape index (κ3) is 4.49. The van der Waals surface area contributed by atoms with Crippen molar-refractivity contribution in [1.29, 1.82) is 0 Å². The lowest BCUT2D eigenvalue weighted by molar-refractivity contribution is 0.242. The van der Waals surface area contributed by atoms with Gasteiger partial charge in [0.05, 0.1) is 12.6 Å². The van der Waals surface area contributed by atoms with Crippen LogP contribution in [0, 0.1) is 0 Å². The van der Waals surface area contributed by atoms with E-state index in [-0.39, 0.29) is 6.03 Å². The van der Waals surface area contributed by atoms with Gasteiger partial charge in [0.25, 0.3) is 0 Å². The minimum Gasteiger partial charge on any atom is -0.497 e. The number of ether oxygens (including phenoxy) is 1. The van der Waals surface area contributed by atoms with E-state index in [1.165, 1.54) is 5.56 Å². The van der Waals surface area contributed by atoms with Crippen molar-refractivity contribution in [3.05, 3.63) is 30.0 Å². The Kier molecular flexibility index (Phi) is 6.23. The van der Waals surface area contributed by atoms with Gasteiger partial charge in [0, 0.05) is 37.3 Å². The first-order valence-corrected chi connectivity index (χ1v) is 8.18. The Morgan fingerprint density at radius 2 is 1.88 bits per heavy atom. The smallest absolute Gasteiger partial charge is 0.326 e. The number of carbonyl (C=O) groups is 1. The number of aromatic nitrogens is 1. The van der Waals surface area contributed by atoms with Crippen LogP contribution in [0.3, 0.4) is 0 Å². The molecular formula is C18H28N4O2. The summed E-state index contributed by atoms with van der Waals surface area (Å²) >= 11 is 0. The zero-order valence-corrected chi connectivity index (χ0v) is 15.3. The summed E-state index contributed by atoms with van der Waals surface area (Å²) in [6.07, 6.45) is 2.84. The number of methoxy groups -OCH3 is 1. The number of amides is 1. The SMILES string of the molecule is COc1ccc2c(CCN(C)C)cn(C(=O)NCCN(C)C)c2c1. The van der Waals surface area contributed by atoms with Crippen LogP contribution in [-0.4, -0.2) is 75.3 Å². The number of likely N-dealkylation sites (N-methyl/N-ethyl adjacent to an activating group) is 2. The largest absolute Gasteiger partial charge is 0.497 e. The van der Waals surface area contributed by atoms with Crippen LogP contribution < -0.4 is 10.1 Å². The number of hydrogen-bond acceptors (Lipinski definition) is 4. The molecule has 6 nitrogen and oxygen atoms in total. The predicted molar refractivity (Wildman–Crippen MR) is 98.1 cm³/mol. The van der Waals surface area contributed by atoms with Crippen LogP contribution in [0.5, 0.6) is 5.75 Å². The van der Waals surface area contributed by atoms with Crippen LogP contribution >= 0.6 is 0 Å². The summed E-state index contributed by atoms with van der Waals surface area (Å²) in [6, 6.07) is 5.78. The van der Waals surface area contributed by atoms with Gasteiger partial charge in [0.15, 0.2) is 0 Å². The van der Waals surface area contributed by atoms with E-state index in [1.54, 1.807) is 11.7 Å². The summed E-state index contributed by atoms with van der Waals surface area (Å²) in [5.41, 5.74) is 2.05. The maximum atomic E-state index is 12.6.